The van der Waals surface area contributed by atoms with E-state index >= 15 is 0 Å². The Morgan fingerprint density at radius 2 is 1.86 bits per heavy atom. The van der Waals surface area contributed by atoms with Gasteiger partial charge in [-0.05, 0) is 41.8 Å². The minimum Gasteiger partial charge on any atom is -0.508 e. The average Bonchev–Trinajstić information content (AvgIpc) is 3.11. The van der Waals surface area contributed by atoms with Crippen molar-refractivity contribution in [2.45, 2.75) is 17.8 Å². The first kappa shape index (κ1) is 22.9. The van der Waals surface area contributed by atoms with Gasteiger partial charge in [-0.25, -0.2) is 4.90 Å². The van der Waals surface area contributed by atoms with Crippen molar-refractivity contribution in [3.8, 4) is 11.5 Å². The number of benzene rings is 3. The molecule has 0 radical (unpaired) electrons. The fourth-order valence-corrected chi connectivity index (χ4v) is 5.84. The first-order valence-electron chi connectivity index (χ1n) is 11.3. The molecule has 0 unspecified atom stereocenters. The second-order valence-corrected chi connectivity index (χ2v) is 9.19. The number of halogens is 1. The van der Waals surface area contributed by atoms with E-state index < -0.39 is 17.3 Å². The van der Waals surface area contributed by atoms with Crippen LogP contribution in [-0.4, -0.2) is 24.0 Å². The van der Waals surface area contributed by atoms with Crippen molar-refractivity contribution in [3.63, 3.8) is 0 Å². The van der Waals surface area contributed by atoms with Crippen molar-refractivity contribution in [3.05, 3.63) is 113 Å². The van der Waals surface area contributed by atoms with Crippen LogP contribution in [0.15, 0.2) is 97.1 Å². The lowest BCUT2D eigenvalue weighted by Gasteiger charge is -2.43. The van der Waals surface area contributed by atoms with Gasteiger partial charge in [0.15, 0.2) is 0 Å². The van der Waals surface area contributed by atoms with E-state index in [1.165, 1.54) is 18.1 Å². The Morgan fingerprint density at radius 3 is 2.54 bits per heavy atom. The van der Waals surface area contributed by atoms with Gasteiger partial charge in [0.05, 0.1) is 24.1 Å². The normalized spacial score (nSPS) is 23.6. The number of hydrogen-bond acceptors (Lipinski definition) is 4. The number of aromatic hydroxyl groups is 1. The van der Waals surface area contributed by atoms with Gasteiger partial charge in [0.2, 0.25) is 11.8 Å². The maximum atomic E-state index is 14.6. The molecule has 1 aliphatic heterocycles. The molecule has 35 heavy (non-hydrogen) atoms. The Hall–Kier alpha value is -3.83. The molecule has 1 saturated heterocycles. The van der Waals surface area contributed by atoms with E-state index in [1.54, 1.807) is 42.5 Å². The topological polar surface area (TPSA) is 66.8 Å². The number of ether oxygens (including phenoxy) is 1. The molecule has 2 aliphatic rings. The van der Waals surface area contributed by atoms with E-state index in [2.05, 4.69) is 6.58 Å². The van der Waals surface area contributed by atoms with E-state index in [0.29, 0.717) is 28.4 Å². The predicted molar refractivity (Wildman–Crippen MR) is 136 cm³/mol. The number of methoxy groups -OCH3 is 1. The van der Waals surface area contributed by atoms with E-state index in [9.17, 15) is 14.7 Å². The molecule has 6 heteroatoms. The van der Waals surface area contributed by atoms with Crippen LogP contribution in [0.25, 0.3) is 0 Å². The Kier molecular flexibility index (Phi) is 5.73. The van der Waals surface area contributed by atoms with Crippen LogP contribution in [0.1, 0.15) is 23.5 Å². The lowest BCUT2D eigenvalue weighted by molar-refractivity contribution is -0.123. The Morgan fingerprint density at radius 1 is 1.09 bits per heavy atom. The monoisotopic (exact) mass is 485 g/mol. The molecular weight excluding hydrogens is 462 g/mol. The second kappa shape index (κ2) is 8.75. The molecule has 0 bridgehead atoms. The number of amides is 2. The van der Waals surface area contributed by atoms with Gasteiger partial charge >= 0.3 is 0 Å². The standard InChI is InChI=1S/C29H24ClNO4/c1-3-18-12-15-24-27(33)31(21-11-7-10-20(30)16-21)28(34)29(24,19-8-5-4-6-9-19)26(18)23-14-13-22(32)17-25(23)35-2/h3-14,16-17,24,26,32H,1,15H2,2H3/t24-,26+,29+/m0/s1. The van der Waals surface area contributed by atoms with Crippen LogP contribution < -0.4 is 9.64 Å². The number of rotatable bonds is 5. The molecule has 2 amide bonds. The first-order chi connectivity index (χ1) is 16.9. The zero-order valence-electron chi connectivity index (χ0n) is 19.1. The highest BCUT2D eigenvalue weighted by Crippen LogP contribution is 2.59. The van der Waals surface area contributed by atoms with Crippen LogP contribution in [-0.2, 0) is 15.0 Å². The Balaban J connectivity index is 1.83. The molecule has 1 N–H and O–H groups in total. The highest BCUT2D eigenvalue weighted by atomic mass is 35.5. The van der Waals surface area contributed by atoms with Crippen LogP contribution in [0.4, 0.5) is 5.69 Å². The number of nitrogens with zero attached hydrogens (tertiary/aromatic N) is 1. The molecule has 0 spiro atoms. The number of phenolic OH excluding ortho intramolecular Hbond substituents is 1. The number of hydrogen-bond donors (Lipinski definition) is 1. The molecule has 3 atom stereocenters. The summed E-state index contributed by atoms with van der Waals surface area (Å²) < 4.78 is 5.64. The van der Waals surface area contributed by atoms with Crippen LogP contribution >= 0.6 is 11.6 Å². The van der Waals surface area contributed by atoms with Crippen molar-refractivity contribution < 1.29 is 19.4 Å². The number of carbonyl (C=O) groups excluding carboxylic acids is 2. The first-order valence-corrected chi connectivity index (χ1v) is 11.7. The van der Waals surface area contributed by atoms with Gasteiger partial charge in [0, 0.05) is 22.6 Å². The van der Waals surface area contributed by atoms with Crippen LogP contribution in [0.3, 0.4) is 0 Å². The summed E-state index contributed by atoms with van der Waals surface area (Å²) in [7, 11) is 1.52. The molecule has 3 aromatic rings. The summed E-state index contributed by atoms with van der Waals surface area (Å²) in [5, 5.41) is 10.6. The minimum absolute atomic E-state index is 0.0465. The molecule has 5 nitrogen and oxygen atoms in total. The SMILES string of the molecule is C=CC1=CC[C@H]2C(=O)N(c3cccc(Cl)c3)C(=O)[C@@]2(c2ccccc2)[C@H]1c1ccc(O)cc1OC. The van der Waals surface area contributed by atoms with Crippen molar-refractivity contribution in [2.75, 3.05) is 12.0 Å². The van der Waals surface area contributed by atoms with Crippen LogP contribution in [0, 0.1) is 5.92 Å². The van der Waals surface area contributed by atoms with Gasteiger partial charge < -0.3 is 9.84 Å². The summed E-state index contributed by atoms with van der Waals surface area (Å²) in [5.74, 6) is -1.34. The summed E-state index contributed by atoms with van der Waals surface area (Å²) >= 11 is 6.23. The maximum Gasteiger partial charge on any atom is 0.246 e. The van der Waals surface area contributed by atoms with Gasteiger partial charge in [0.25, 0.3) is 0 Å². The summed E-state index contributed by atoms with van der Waals surface area (Å²) in [5.41, 5.74) is 1.44. The summed E-state index contributed by atoms with van der Waals surface area (Å²) in [6.45, 7) is 4.02. The fraction of sp³-hybridized carbons (Fsp3) is 0.172. The van der Waals surface area contributed by atoms with E-state index in [1.807, 2.05) is 36.4 Å². The lowest BCUT2D eigenvalue weighted by Crippen LogP contribution is -2.48. The summed E-state index contributed by atoms with van der Waals surface area (Å²) in [4.78, 5) is 29.8. The third-order valence-corrected chi connectivity index (χ3v) is 7.32. The molecule has 1 heterocycles. The number of phenols is 1. The number of allylic oxidation sites excluding steroid dienone is 3. The number of anilines is 1. The average molecular weight is 486 g/mol. The van der Waals surface area contributed by atoms with E-state index in [-0.39, 0.29) is 17.6 Å². The van der Waals surface area contributed by atoms with Gasteiger partial charge in [-0.15, -0.1) is 0 Å². The molecular formula is C29H24ClNO4. The summed E-state index contributed by atoms with van der Waals surface area (Å²) in [6, 6.07) is 21.0. The smallest absolute Gasteiger partial charge is 0.246 e. The highest BCUT2D eigenvalue weighted by molar-refractivity contribution is 6.32. The zero-order valence-corrected chi connectivity index (χ0v) is 19.9. The van der Waals surface area contributed by atoms with Crippen molar-refractivity contribution in [2.24, 2.45) is 5.92 Å². The molecule has 0 saturated carbocycles. The number of carbonyl (C=O) groups is 2. The fourth-order valence-electron chi connectivity index (χ4n) is 5.66. The predicted octanol–water partition coefficient (Wildman–Crippen LogP) is 5.78. The quantitative estimate of drug-likeness (QED) is 0.465. The zero-order chi connectivity index (χ0) is 24.7. The molecule has 176 valence electrons. The van der Waals surface area contributed by atoms with Crippen molar-refractivity contribution in [1.29, 1.82) is 0 Å². The Bertz CT molecular complexity index is 1370. The number of imide groups is 1. The third-order valence-electron chi connectivity index (χ3n) is 7.08. The van der Waals surface area contributed by atoms with Gasteiger partial charge in [-0.2, -0.15) is 0 Å². The van der Waals surface area contributed by atoms with Gasteiger partial charge in [-0.3, -0.25) is 9.59 Å². The van der Waals surface area contributed by atoms with Crippen molar-refractivity contribution >= 4 is 29.1 Å². The van der Waals surface area contributed by atoms with Gasteiger partial charge in [0.1, 0.15) is 11.5 Å². The largest absolute Gasteiger partial charge is 0.508 e. The van der Waals surface area contributed by atoms with E-state index in [4.69, 9.17) is 16.3 Å². The molecule has 3 aromatic carbocycles. The number of fused-ring (bicyclic) bond motifs is 1. The maximum absolute atomic E-state index is 14.6. The molecule has 0 aromatic heterocycles. The second-order valence-electron chi connectivity index (χ2n) is 8.75. The van der Waals surface area contributed by atoms with Gasteiger partial charge in [-0.1, -0.05) is 72.8 Å². The molecule has 1 aliphatic carbocycles. The lowest BCUT2D eigenvalue weighted by atomic mass is 9.56. The minimum atomic E-state index is -1.25. The van der Waals surface area contributed by atoms with Crippen LogP contribution in [0.2, 0.25) is 5.02 Å². The molecule has 5 rings (SSSR count). The van der Waals surface area contributed by atoms with E-state index in [0.717, 1.165) is 11.1 Å². The highest BCUT2D eigenvalue weighted by Gasteiger charge is 2.66. The summed E-state index contributed by atoms with van der Waals surface area (Å²) in [6.07, 6.45) is 4.09. The molecule has 1 fully saturated rings. The Labute approximate surface area is 208 Å². The van der Waals surface area contributed by atoms with Crippen LogP contribution in [0.5, 0.6) is 11.5 Å². The van der Waals surface area contributed by atoms with Crippen molar-refractivity contribution in [1.82, 2.24) is 0 Å². The third kappa shape index (κ3) is 3.38.